The van der Waals surface area contributed by atoms with E-state index in [9.17, 15) is 14.0 Å². The second-order valence-electron chi connectivity index (χ2n) is 6.27. The van der Waals surface area contributed by atoms with Crippen molar-refractivity contribution in [2.24, 2.45) is 0 Å². The number of thioether (sulfide) groups is 2. The number of hydrogen-bond acceptors (Lipinski definition) is 8. The molecule has 1 saturated heterocycles. The smallest absolute Gasteiger partial charge is 0.277 e. The second kappa shape index (κ2) is 9.42. The summed E-state index contributed by atoms with van der Waals surface area (Å²) in [6.07, 6.45) is 1.95. The lowest BCUT2D eigenvalue weighted by molar-refractivity contribution is -0.128. The number of carbonyl (C=O) groups excluding carboxylic acids is 2. The molecule has 0 N–H and O–H groups in total. The molecular weight excluding hydrogens is 403 g/mol. The van der Waals surface area contributed by atoms with Crippen LogP contribution in [0.5, 0.6) is 0 Å². The zero-order valence-corrected chi connectivity index (χ0v) is 17.3. The highest BCUT2D eigenvalue weighted by atomic mass is 32.2. The third kappa shape index (κ3) is 5.05. The maximum absolute atomic E-state index is 14.3. The summed E-state index contributed by atoms with van der Waals surface area (Å²) in [6, 6.07) is 4.52. The van der Waals surface area contributed by atoms with E-state index in [0.29, 0.717) is 54.3 Å². The Labute approximate surface area is 171 Å². The van der Waals surface area contributed by atoms with E-state index in [1.54, 1.807) is 28.8 Å². The van der Waals surface area contributed by atoms with Gasteiger partial charge in [0.1, 0.15) is 5.82 Å². The molecule has 10 heteroatoms. The molecule has 1 aliphatic rings. The van der Waals surface area contributed by atoms with E-state index in [2.05, 4.69) is 10.2 Å². The summed E-state index contributed by atoms with van der Waals surface area (Å²) in [5, 5.41) is 8.23. The molecule has 0 bridgehead atoms. The molecule has 1 fully saturated rings. The van der Waals surface area contributed by atoms with Gasteiger partial charge in [-0.15, -0.1) is 10.2 Å². The zero-order valence-electron chi connectivity index (χ0n) is 15.7. The molecule has 0 saturated carbocycles. The van der Waals surface area contributed by atoms with Gasteiger partial charge in [-0.2, -0.15) is 11.8 Å². The minimum Gasteiger partial charge on any atom is -0.415 e. The van der Waals surface area contributed by atoms with Crippen LogP contribution in [0.15, 0.2) is 27.8 Å². The van der Waals surface area contributed by atoms with E-state index in [-0.39, 0.29) is 17.4 Å². The van der Waals surface area contributed by atoms with Gasteiger partial charge in [0, 0.05) is 31.7 Å². The molecule has 0 atom stereocenters. The molecule has 1 aromatic carbocycles. The quantitative estimate of drug-likeness (QED) is 0.496. The summed E-state index contributed by atoms with van der Waals surface area (Å²) >= 11 is 2.81. The van der Waals surface area contributed by atoms with Crippen LogP contribution in [0, 0.1) is 5.82 Å². The van der Waals surface area contributed by atoms with Crippen LogP contribution in [0.1, 0.15) is 23.2 Å². The van der Waals surface area contributed by atoms with Crippen molar-refractivity contribution in [3.05, 3.63) is 35.5 Å². The predicted molar refractivity (Wildman–Crippen MR) is 107 cm³/mol. The van der Waals surface area contributed by atoms with Crippen molar-refractivity contribution in [3.63, 3.8) is 0 Å². The summed E-state index contributed by atoms with van der Waals surface area (Å²) in [7, 11) is 0. The van der Waals surface area contributed by atoms with Gasteiger partial charge in [0.2, 0.25) is 11.8 Å². The third-order valence-corrected chi connectivity index (χ3v) is 5.70. The van der Waals surface area contributed by atoms with Crippen molar-refractivity contribution in [2.75, 3.05) is 43.1 Å². The summed E-state index contributed by atoms with van der Waals surface area (Å²) in [5.41, 5.74) is 0.812. The van der Waals surface area contributed by atoms with Crippen LogP contribution >= 0.6 is 23.5 Å². The number of carbonyl (C=O) groups is 2. The maximum Gasteiger partial charge on any atom is 0.277 e. The van der Waals surface area contributed by atoms with E-state index in [1.807, 2.05) is 11.2 Å². The van der Waals surface area contributed by atoms with Crippen LogP contribution in [0.3, 0.4) is 0 Å². The van der Waals surface area contributed by atoms with Gasteiger partial charge < -0.3 is 14.2 Å². The SMILES string of the molecule is CSCc1nnc(SCC(=O)N2CCN(c3ccc(C(C)=O)cc3F)CC2)o1. The Balaban J connectivity index is 1.50. The van der Waals surface area contributed by atoms with Gasteiger partial charge in [-0.1, -0.05) is 11.8 Å². The second-order valence-corrected chi connectivity index (χ2v) is 8.07. The van der Waals surface area contributed by atoms with Crippen LogP contribution in [0.4, 0.5) is 10.1 Å². The van der Waals surface area contributed by atoms with Crippen molar-refractivity contribution in [2.45, 2.75) is 17.9 Å². The number of Topliss-reactive ketones (excluding diaryl/α,β-unsaturated/α-hetero) is 1. The zero-order chi connectivity index (χ0) is 20.1. The Hall–Kier alpha value is -2.07. The normalized spacial score (nSPS) is 14.4. The maximum atomic E-state index is 14.3. The van der Waals surface area contributed by atoms with E-state index < -0.39 is 5.82 Å². The lowest BCUT2D eigenvalue weighted by atomic mass is 10.1. The lowest BCUT2D eigenvalue weighted by Gasteiger charge is -2.36. The Morgan fingerprint density at radius 3 is 2.61 bits per heavy atom. The lowest BCUT2D eigenvalue weighted by Crippen LogP contribution is -2.49. The van der Waals surface area contributed by atoms with Crippen LogP contribution < -0.4 is 4.90 Å². The minimum atomic E-state index is -0.416. The topological polar surface area (TPSA) is 79.5 Å². The number of benzene rings is 1. The van der Waals surface area contributed by atoms with Gasteiger partial charge in [0.05, 0.1) is 17.2 Å². The minimum absolute atomic E-state index is 0.0123. The average Bonchev–Trinajstić information content (AvgIpc) is 3.14. The predicted octanol–water partition coefficient (Wildman–Crippen LogP) is 2.72. The van der Waals surface area contributed by atoms with Gasteiger partial charge in [-0.25, -0.2) is 4.39 Å². The first kappa shape index (κ1) is 20.7. The third-order valence-electron chi connectivity index (χ3n) is 4.36. The fourth-order valence-corrected chi connectivity index (χ4v) is 3.92. The molecule has 1 amide bonds. The molecule has 0 unspecified atom stereocenters. The van der Waals surface area contributed by atoms with Crippen molar-refractivity contribution >= 4 is 40.9 Å². The monoisotopic (exact) mass is 424 g/mol. The number of aromatic nitrogens is 2. The molecule has 0 aliphatic carbocycles. The van der Waals surface area contributed by atoms with Crippen LogP contribution in [-0.2, 0) is 10.5 Å². The van der Waals surface area contributed by atoms with Crippen LogP contribution in [0.2, 0.25) is 0 Å². The summed E-state index contributed by atoms with van der Waals surface area (Å²) in [5.74, 6) is 0.826. The Kier molecular flexibility index (Phi) is 6.95. The average molecular weight is 425 g/mol. The largest absolute Gasteiger partial charge is 0.415 e. The van der Waals surface area contributed by atoms with Crippen LogP contribution in [0.25, 0.3) is 0 Å². The summed E-state index contributed by atoms with van der Waals surface area (Å²) in [4.78, 5) is 27.4. The number of rotatable bonds is 7. The van der Waals surface area contributed by atoms with Gasteiger partial charge >= 0.3 is 0 Å². The number of halogens is 1. The Bertz CT molecular complexity index is 853. The number of hydrogen-bond donors (Lipinski definition) is 0. The summed E-state index contributed by atoms with van der Waals surface area (Å²) in [6.45, 7) is 3.49. The molecular formula is C18H21FN4O3S2. The standard InChI is InChI=1S/C18H21FN4O3S2/c1-12(24)13-3-4-15(14(19)9-13)22-5-7-23(8-6-22)17(25)11-28-18-21-20-16(26-18)10-27-2/h3-4,9H,5-8,10-11H2,1-2H3. The number of amides is 1. The van der Waals surface area contributed by atoms with E-state index in [1.165, 1.54) is 24.8 Å². The van der Waals surface area contributed by atoms with Gasteiger partial charge in [0.15, 0.2) is 5.78 Å². The molecule has 2 aromatic rings. The molecule has 150 valence electrons. The number of nitrogens with zero attached hydrogens (tertiary/aromatic N) is 4. The van der Waals surface area contributed by atoms with E-state index >= 15 is 0 Å². The van der Waals surface area contributed by atoms with Gasteiger partial charge in [-0.05, 0) is 31.4 Å². The Morgan fingerprint density at radius 2 is 1.96 bits per heavy atom. The number of piperazine rings is 1. The van der Waals surface area contributed by atoms with E-state index in [0.717, 1.165) is 0 Å². The molecule has 3 rings (SSSR count). The van der Waals surface area contributed by atoms with Crippen molar-refractivity contribution in [1.82, 2.24) is 15.1 Å². The molecule has 2 heterocycles. The molecule has 0 radical (unpaired) electrons. The van der Waals surface area contributed by atoms with Crippen molar-refractivity contribution in [3.8, 4) is 0 Å². The highest BCUT2D eigenvalue weighted by Gasteiger charge is 2.23. The fourth-order valence-electron chi connectivity index (χ4n) is 2.87. The van der Waals surface area contributed by atoms with Crippen LogP contribution in [-0.4, -0.2) is 65.0 Å². The molecule has 1 aromatic heterocycles. The van der Waals surface area contributed by atoms with Crippen molar-refractivity contribution in [1.29, 1.82) is 0 Å². The first-order valence-electron chi connectivity index (χ1n) is 8.75. The van der Waals surface area contributed by atoms with Gasteiger partial charge in [-0.3, -0.25) is 9.59 Å². The Morgan fingerprint density at radius 1 is 1.21 bits per heavy atom. The van der Waals surface area contributed by atoms with E-state index in [4.69, 9.17) is 4.42 Å². The van der Waals surface area contributed by atoms with Crippen molar-refractivity contribution < 1.29 is 18.4 Å². The number of ketones is 1. The first-order valence-corrected chi connectivity index (χ1v) is 11.1. The first-order chi connectivity index (χ1) is 13.5. The summed E-state index contributed by atoms with van der Waals surface area (Å²) < 4.78 is 19.8. The molecule has 1 aliphatic heterocycles. The highest BCUT2D eigenvalue weighted by molar-refractivity contribution is 7.99. The molecule has 28 heavy (non-hydrogen) atoms. The highest BCUT2D eigenvalue weighted by Crippen LogP contribution is 2.23. The van der Waals surface area contributed by atoms with Gasteiger partial charge in [0.25, 0.3) is 5.22 Å². The molecule has 0 spiro atoms. The fraction of sp³-hybridized carbons (Fsp3) is 0.444. The number of anilines is 1. The molecule has 7 nitrogen and oxygen atoms in total.